The molecule has 0 aromatic carbocycles. The minimum atomic E-state index is 0.172. The van der Waals surface area contributed by atoms with Crippen molar-refractivity contribution in [3.8, 4) is 5.88 Å². The fraction of sp³-hybridized carbons (Fsp3) is 0.500. The van der Waals surface area contributed by atoms with Gasteiger partial charge in [0.15, 0.2) is 0 Å². The van der Waals surface area contributed by atoms with E-state index in [0.29, 0.717) is 5.88 Å². The molecule has 1 atom stereocenters. The number of methoxy groups -OCH3 is 1. The van der Waals surface area contributed by atoms with Crippen molar-refractivity contribution in [3.63, 3.8) is 0 Å². The molecular formula is C12H19N3O. The fourth-order valence-electron chi connectivity index (χ4n) is 1.41. The highest BCUT2D eigenvalue weighted by atomic mass is 16.5. The maximum Gasteiger partial charge on any atom is 0.233 e. The SMILES string of the molecule is C=C(CC)CC(NC)c1ccc(OC)nn1. The zero-order valence-corrected chi connectivity index (χ0v) is 10.2. The van der Waals surface area contributed by atoms with Crippen LogP contribution in [-0.2, 0) is 0 Å². The van der Waals surface area contributed by atoms with Crippen molar-refractivity contribution >= 4 is 0 Å². The van der Waals surface area contributed by atoms with Crippen molar-refractivity contribution in [2.45, 2.75) is 25.8 Å². The van der Waals surface area contributed by atoms with Crippen LogP contribution in [0.2, 0.25) is 0 Å². The summed E-state index contributed by atoms with van der Waals surface area (Å²) in [4.78, 5) is 0. The van der Waals surface area contributed by atoms with Gasteiger partial charge in [-0.25, -0.2) is 0 Å². The molecule has 0 saturated heterocycles. The Morgan fingerprint density at radius 2 is 2.25 bits per heavy atom. The van der Waals surface area contributed by atoms with E-state index in [1.54, 1.807) is 7.11 Å². The minimum Gasteiger partial charge on any atom is -0.480 e. The van der Waals surface area contributed by atoms with E-state index in [9.17, 15) is 0 Å². The lowest BCUT2D eigenvalue weighted by Gasteiger charge is -2.15. The van der Waals surface area contributed by atoms with Crippen molar-refractivity contribution in [3.05, 3.63) is 30.0 Å². The Bertz CT molecular complexity index is 335. The highest BCUT2D eigenvalue weighted by molar-refractivity contribution is 5.15. The molecule has 0 amide bonds. The van der Waals surface area contributed by atoms with E-state index in [2.05, 4.69) is 29.0 Å². The number of aromatic nitrogens is 2. The number of ether oxygens (including phenoxy) is 1. The third-order valence-electron chi connectivity index (χ3n) is 2.57. The van der Waals surface area contributed by atoms with Crippen LogP contribution < -0.4 is 10.1 Å². The van der Waals surface area contributed by atoms with Crippen LogP contribution in [-0.4, -0.2) is 24.4 Å². The second-order valence-electron chi connectivity index (χ2n) is 3.65. The second kappa shape index (κ2) is 6.23. The molecule has 4 nitrogen and oxygen atoms in total. The molecule has 1 aromatic heterocycles. The molecule has 1 unspecified atom stereocenters. The van der Waals surface area contributed by atoms with Gasteiger partial charge in [0, 0.05) is 6.07 Å². The number of nitrogens with one attached hydrogen (secondary N) is 1. The normalized spacial score (nSPS) is 12.2. The van der Waals surface area contributed by atoms with Crippen molar-refractivity contribution in [1.82, 2.24) is 15.5 Å². The van der Waals surface area contributed by atoms with Crippen molar-refractivity contribution in [2.24, 2.45) is 0 Å². The fourth-order valence-corrected chi connectivity index (χ4v) is 1.41. The maximum absolute atomic E-state index is 4.97. The van der Waals surface area contributed by atoms with Gasteiger partial charge in [0.2, 0.25) is 5.88 Å². The summed E-state index contributed by atoms with van der Waals surface area (Å²) in [7, 11) is 3.50. The topological polar surface area (TPSA) is 47.0 Å². The number of rotatable bonds is 6. The summed E-state index contributed by atoms with van der Waals surface area (Å²) in [5.74, 6) is 0.535. The van der Waals surface area contributed by atoms with E-state index < -0.39 is 0 Å². The summed E-state index contributed by atoms with van der Waals surface area (Å²) in [6.45, 7) is 6.11. The first-order valence-corrected chi connectivity index (χ1v) is 5.42. The maximum atomic E-state index is 4.97. The average molecular weight is 221 g/mol. The highest BCUT2D eigenvalue weighted by Crippen LogP contribution is 2.20. The molecule has 0 aliphatic heterocycles. The lowest BCUT2D eigenvalue weighted by molar-refractivity contribution is 0.389. The van der Waals surface area contributed by atoms with Gasteiger partial charge in [0.25, 0.3) is 0 Å². The second-order valence-corrected chi connectivity index (χ2v) is 3.65. The van der Waals surface area contributed by atoms with Gasteiger partial charge in [-0.3, -0.25) is 0 Å². The van der Waals surface area contributed by atoms with Gasteiger partial charge in [-0.05, 0) is 26.0 Å². The van der Waals surface area contributed by atoms with Crippen LogP contribution in [0.3, 0.4) is 0 Å². The summed E-state index contributed by atoms with van der Waals surface area (Å²) in [5, 5.41) is 11.3. The van der Waals surface area contributed by atoms with Gasteiger partial charge in [0.1, 0.15) is 0 Å². The number of nitrogens with zero attached hydrogens (tertiary/aromatic N) is 2. The predicted molar refractivity (Wildman–Crippen MR) is 64.4 cm³/mol. The highest BCUT2D eigenvalue weighted by Gasteiger charge is 2.12. The van der Waals surface area contributed by atoms with Gasteiger partial charge in [-0.1, -0.05) is 19.1 Å². The Hall–Kier alpha value is -1.42. The number of hydrogen-bond acceptors (Lipinski definition) is 4. The Morgan fingerprint density at radius 1 is 1.50 bits per heavy atom. The van der Waals surface area contributed by atoms with Gasteiger partial charge in [0.05, 0.1) is 18.8 Å². The average Bonchev–Trinajstić information content (AvgIpc) is 2.35. The summed E-state index contributed by atoms with van der Waals surface area (Å²) >= 11 is 0. The molecular weight excluding hydrogens is 202 g/mol. The molecule has 0 aliphatic carbocycles. The smallest absolute Gasteiger partial charge is 0.233 e. The first kappa shape index (κ1) is 12.6. The van der Waals surface area contributed by atoms with E-state index in [1.165, 1.54) is 5.57 Å². The summed E-state index contributed by atoms with van der Waals surface area (Å²) < 4.78 is 4.97. The first-order chi connectivity index (χ1) is 7.71. The van der Waals surface area contributed by atoms with Crippen LogP contribution in [0.1, 0.15) is 31.5 Å². The molecule has 1 N–H and O–H groups in total. The summed E-state index contributed by atoms with van der Waals surface area (Å²) in [6.07, 6.45) is 1.87. The third-order valence-corrected chi connectivity index (χ3v) is 2.57. The molecule has 88 valence electrons. The summed E-state index contributed by atoms with van der Waals surface area (Å²) in [6, 6.07) is 3.92. The third kappa shape index (κ3) is 3.31. The van der Waals surface area contributed by atoms with Crippen LogP contribution >= 0.6 is 0 Å². The standard InChI is InChI=1S/C12H19N3O/c1-5-9(2)8-11(13-3)10-6-7-12(16-4)15-14-10/h6-7,11,13H,2,5,8H2,1,3-4H3. The lowest BCUT2D eigenvalue weighted by Crippen LogP contribution is -2.18. The molecule has 4 heteroatoms. The largest absolute Gasteiger partial charge is 0.480 e. The zero-order valence-electron chi connectivity index (χ0n) is 10.2. The van der Waals surface area contributed by atoms with E-state index in [-0.39, 0.29) is 6.04 Å². The molecule has 1 aromatic rings. The Labute approximate surface area is 96.7 Å². The molecule has 1 rings (SSSR count). The van der Waals surface area contributed by atoms with Crippen molar-refractivity contribution < 1.29 is 4.74 Å². The Kier molecular flexibility index (Phi) is 4.92. The van der Waals surface area contributed by atoms with Gasteiger partial charge in [-0.15, -0.1) is 5.10 Å². The zero-order chi connectivity index (χ0) is 12.0. The number of hydrogen-bond donors (Lipinski definition) is 1. The molecule has 0 aliphatic rings. The van der Waals surface area contributed by atoms with E-state index in [1.807, 2.05) is 19.2 Å². The van der Waals surface area contributed by atoms with Crippen LogP contribution in [0.25, 0.3) is 0 Å². The molecule has 16 heavy (non-hydrogen) atoms. The molecule has 1 heterocycles. The van der Waals surface area contributed by atoms with Crippen molar-refractivity contribution in [1.29, 1.82) is 0 Å². The van der Waals surface area contributed by atoms with Gasteiger partial charge in [-0.2, -0.15) is 5.10 Å². The minimum absolute atomic E-state index is 0.172. The van der Waals surface area contributed by atoms with Crippen LogP contribution in [0.5, 0.6) is 5.88 Å². The van der Waals surface area contributed by atoms with Crippen LogP contribution in [0.15, 0.2) is 24.3 Å². The van der Waals surface area contributed by atoms with Gasteiger partial charge >= 0.3 is 0 Å². The van der Waals surface area contributed by atoms with Crippen molar-refractivity contribution in [2.75, 3.05) is 14.2 Å². The molecule has 0 radical (unpaired) electrons. The predicted octanol–water partition coefficient (Wildman–Crippen LogP) is 2.10. The van der Waals surface area contributed by atoms with Crippen LogP contribution in [0, 0.1) is 0 Å². The Morgan fingerprint density at radius 3 is 2.69 bits per heavy atom. The lowest BCUT2D eigenvalue weighted by atomic mass is 10.0. The van der Waals surface area contributed by atoms with Crippen LogP contribution in [0.4, 0.5) is 0 Å². The molecule has 0 saturated carbocycles. The van der Waals surface area contributed by atoms with E-state index in [0.717, 1.165) is 18.5 Å². The quantitative estimate of drug-likeness (QED) is 0.747. The van der Waals surface area contributed by atoms with E-state index in [4.69, 9.17) is 4.74 Å². The first-order valence-electron chi connectivity index (χ1n) is 5.42. The van der Waals surface area contributed by atoms with E-state index >= 15 is 0 Å². The molecule has 0 spiro atoms. The monoisotopic (exact) mass is 221 g/mol. The Balaban J connectivity index is 2.74. The summed E-state index contributed by atoms with van der Waals surface area (Å²) in [5.41, 5.74) is 2.12. The molecule has 0 fully saturated rings. The van der Waals surface area contributed by atoms with Gasteiger partial charge < -0.3 is 10.1 Å². The molecule has 0 bridgehead atoms.